The summed E-state index contributed by atoms with van der Waals surface area (Å²) in [5, 5.41) is 18.1. The molecule has 1 aliphatic heterocycles. The van der Waals surface area contributed by atoms with E-state index in [4.69, 9.17) is 0 Å². The van der Waals surface area contributed by atoms with Gasteiger partial charge >= 0.3 is 5.97 Å². The molecule has 1 aromatic heterocycles. The Kier molecular flexibility index (Phi) is 5.76. The lowest BCUT2D eigenvalue weighted by atomic mass is 10.0. The second-order valence-electron chi connectivity index (χ2n) is 7.02. The van der Waals surface area contributed by atoms with Gasteiger partial charge in [0.1, 0.15) is 11.6 Å². The van der Waals surface area contributed by atoms with E-state index in [0.29, 0.717) is 29.9 Å². The van der Waals surface area contributed by atoms with E-state index in [-0.39, 0.29) is 11.1 Å². The van der Waals surface area contributed by atoms with E-state index in [1.54, 1.807) is 32.0 Å². The summed E-state index contributed by atoms with van der Waals surface area (Å²) in [5.41, 5.74) is 0.955. The van der Waals surface area contributed by atoms with Gasteiger partial charge in [0.05, 0.1) is 5.69 Å². The van der Waals surface area contributed by atoms with Crippen molar-refractivity contribution in [1.82, 2.24) is 15.1 Å². The fourth-order valence-corrected chi connectivity index (χ4v) is 3.42. The summed E-state index contributed by atoms with van der Waals surface area (Å²) < 4.78 is 0. The molecule has 1 unspecified atom stereocenters. The highest BCUT2D eigenvalue weighted by atomic mass is 16.4. The van der Waals surface area contributed by atoms with Gasteiger partial charge in [-0.3, -0.25) is 14.4 Å². The number of aryl methyl sites for hydroxylation is 1. The smallest absolute Gasteiger partial charge is 0.326 e. The van der Waals surface area contributed by atoms with Crippen LogP contribution in [-0.2, 0) is 4.79 Å². The standard InChI is InChI=1S/C20H22N4O5/c1-11-12(2)22-23-18(26)16(11)17(25)21-14-7-5-6-13(10-14)19(27)24-9-4-3-8-15(24)20(28)29/h5-7,10,15H,3-4,8-9H2,1-2H3,(H,21,25)(H,23,26)(H,28,29). The zero-order valence-electron chi connectivity index (χ0n) is 16.2. The summed E-state index contributed by atoms with van der Waals surface area (Å²) in [6.07, 6.45) is 1.92. The molecule has 2 aromatic rings. The van der Waals surface area contributed by atoms with Crippen molar-refractivity contribution in [3.05, 3.63) is 57.0 Å². The van der Waals surface area contributed by atoms with Crippen LogP contribution in [0.3, 0.4) is 0 Å². The highest BCUT2D eigenvalue weighted by molar-refractivity contribution is 6.06. The molecule has 3 N–H and O–H groups in total. The van der Waals surface area contributed by atoms with Crippen LogP contribution in [0.2, 0.25) is 0 Å². The van der Waals surface area contributed by atoms with Crippen LogP contribution in [0, 0.1) is 13.8 Å². The topological polar surface area (TPSA) is 132 Å². The molecule has 1 saturated heterocycles. The Bertz CT molecular complexity index is 1030. The van der Waals surface area contributed by atoms with Gasteiger partial charge < -0.3 is 15.3 Å². The number of likely N-dealkylation sites (tertiary alicyclic amines) is 1. The number of carboxylic acids is 1. The largest absolute Gasteiger partial charge is 0.480 e. The van der Waals surface area contributed by atoms with Gasteiger partial charge in [0, 0.05) is 17.8 Å². The normalized spacial score (nSPS) is 16.3. The number of aromatic amines is 1. The number of hydrogen-bond acceptors (Lipinski definition) is 5. The SMILES string of the molecule is Cc1n[nH]c(=O)c(C(=O)Nc2cccc(C(=O)N3CCCCC3C(=O)O)c2)c1C. The lowest BCUT2D eigenvalue weighted by molar-refractivity contribution is -0.143. The van der Waals surface area contributed by atoms with E-state index in [0.717, 1.165) is 12.8 Å². The molecule has 0 radical (unpaired) electrons. The van der Waals surface area contributed by atoms with Gasteiger partial charge in [0.2, 0.25) is 0 Å². The maximum Gasteiger partial charge on any atom is 0.326 e. The second kappa shape index (κ2) is 8.26. The summed E-state index contributed by atoms with van der Waals surface area (Å²) in [5.74, 6) is -2.03. The van der Waals surface area contributed by atoms with Gasteiger partial charge in [0.15, 0.2) is 0 Å². The Morgan fingerprint density at radius 1 is 1.24 bits per heavy atom. The molecule has 3 rings (SSSR count). The number of aliphatic carboxylic acids is 1. The Morgan fingerprint density at radius 2 is 2.00 bits per heavy atom. The van der Waals surface area contributed by atoms with Gasteiger partial charge in [-0.2, -0.15) is 5.10 Å². The van der Waals surface area contributed by atoms with Crippen molar-refractivity contribution in [2.75, 3.05) is 11.9 Å². The molecule has 1 fully saturated rings. The molecule has 9 nitrogen and oxygen atoms in total. The maximum atomic E-state index is 12.9. The number of carbonyl (C=O) groups is 3. The number of nitrogens with one attached hydrogen (secondary N) is 2. The fourth-order valence-electron chi connectivity index (χ4n) is 3.42. The number of rotatable bonds is 4. The number of anilines is 1. The van der Waals surface area contributed by atoms with Crippen molar-refractivity contribution in [3.8, 4) is 0 Å². The first kappa shape index (κ1) is 20.2. The van der Waals surface area contributed by atoms with Crippen molar-refractivity contribution in [3.63, 3.8) is 0 Å². The van der Waals surface area contributed by atoms with E-state index >= 15 is 0 Å². The Labute approximate surface area is 166 Å². The number of hydrogen-bond donors (Lipinski definition) is 3. The number of benzene rings is 1. The van der Waals surface area contributed by atoms with Crippen molar-refractivity contribution in [2.45, 2.75) is 39.2 Å². The van der Waals surface area contributed by atoms with Crippen LogP contribution in [0.4, 0.5) is 5.69 Å². The molecule has 9 heteroatoms. The summed E-state index contributed by atoms with van der Waals surface area (Å²) in [4.78, 5) is 50.3. The molecule has 29 heavy (non-hydrogen) atoms. The average Bonchev–Trinajstić information content (AvgIpc) is 2.70. The monoisotopic (exact) mass is 398 g/mol. The van der Waals surface area contributed by atoms with Gasteiger partial charge in [-0.1, -0.05) is 6.07 Å². The Balaban J connectivity index is 1.84. The van der Waals surface area contributed by atoms with Crippen molar-refractivity contribution >= 4 is 23.5 Å². The van der Waals surface area contributed by atoms with Crippen LogP contribution in [0.15, 0.2) is 29.1 Å². The molecular formula is C20H22N4O5. The molecule has 1 atom stereocenters. The summed E-state index contributed by atoms with van der Waals surface area (Å²) in [6.45, 7) is 3.69. The molecule has 2 amide bonds. The highest BCUT2D eigenvalue weighted by Crippen LogP contribution is 2.21. The molecule has 2 heterocycles. The molecule has 152 valence electrons. The molecule has 1 aliphatic rings. The summed E-state index contributed by atoms with van der Waals surface area (Å²) in [6, 6.07) is 5.38. The zero-order chi connectivity index (χ0) is 21.1. The predicted octanol–water partition coefficient (Wildman–Crippen LogP) is 1.72. The molecule has 0 spiro atoms. The minimum absolute atomic E-state index is 0.0452. The van der Waals surface area contributed by atoms with E-state index in [1.807, 2.05) is 0 Å². The van der Waals surface area contributed by atoms with E-state index in [2.05, 4.69) is 15.5 Å². The minimum Gasteiger partial charge on any atom is -0.480 e. The average molecular weight is 398 g/mol. The first-order valence-electron chi connectivity index (χ1n) is 9.30. The molecule has 1 aromatic carbocycles. The van der Waals surface area contributed by atoms with Gasteiger partial charge in [0.25, 0.3) is 17.4 Å². The quantitative estimate of drug-likeness (QED) is 0.718. The first-order chi connectivity index (χ1) is 13.8. The number of piperidine rings is 1. The minimum atomic E-state index is -1.02. The van der Waals surface area contributed by atoms with Crippen molar-refractivity contribution in [1.29, 1.82) is 0 Å². The third-order valence-electron chi connectivity index (χ3n) is 5.11. The summed E-state index contributed by atoms with van der Waals surface area (Å²) in [7, 11) is 0. The maximum absolute atomic E-state index is 12.9. The zero-order valence-corrected chi connectivity index (χ0v) is 16.2. The molecule has 0 saturated carbocycles. The second-order valence-corrected chi connectivity index (χ2v) is 7.02. The summed E-state index contributed by atoms with van der Waals surface area (Å²) >= 11 is 0. The molecule has 0 aliphatic carbocycles. The molecular weight excluding hydrogens is 376 g/mol. The van der Waals surface area contributed by atoms with Crippen LogP contribution in [0.1, 0.15) is 51.2 Å². The molecule has 0 bridgehead atoms. The van der Waals surface area contributed by atoms with E-state index < -0.39 is 29.4 Å². The third-order valence-corrected chi connectivity index (χ3v) is 5.11. The van der Waals surface area contributed by atoms with Crippen LogP contribution in [-0.4, -0.2) is 50.6 Å². The van der Waals surface area contributed by atoms with Gasteiger partial charge in [-0.15, -0.1) is 0 Å². The number of carbonyl (C=O) groups excluding carboxylic acids is 2. The van der Waals surface area contributed by atoms with Crippen molar-refractivity contribution in [2.24, 2.45) is 0 Å². The number of amides is 2. The Hall–Kier alpha value is -3.49. The number of H-pyrrole nitrogens is 1. The van der Waals surface area contributed by atoms with E-state index in [1.165, 1.54) is 11.0 Å². The van der Waals surface area contributed by atoms with E-state index in [9.17, 15) is 24.3 Å². The van der Waals surface area contributed by atoms with Crippen LogP contribution >= 0.6 is 0 Å². The third kappa shape index (κ3) is 4.18. The fraction of sp³-hybridized carbons (Fsp3) is 0.350. The predicted molar refractivity (Wildman–Crippen MR) is 105 cm³/mol. The lowest BCUT2D eigenvalue weighted by Crippen LogP contribution is -2.48. The number of carboxylic acid groups (broad SMARTS) is 1. The van der Waals surface area contributed by atoms with Crippen LogP contribution < -0.4 is 10.9 Å². The van der Waals surface area contributed by atoms with Gasteiger partial charge in [-0.25, -0.2) is 9.89 Å². The lowest BCUT2D eigenvalue weighted by Gasteiger charge is -2.33. The number of nitrogens with zero attached hydrogens (tertiary/aromatic N) is 2. The van der Waals surface area contributed by atoms with Crippen molar-refractivity contribution < 1.29 is 19.5 Å². The van der Waals surface area contributed by atoms with Crippen LogP contribution in [0.5, 0.6) is 0 Å². The highest BCUT2D eigenvalue weighted by Gasteiger charge is 2.32. The number of aromatic nitrogens is 2. The first-order valence-corrected chi connectivity index (χ1v) is 9.30. The van der Waals surface area contributed by atoms with Gasteiger partial charge in [-0.05, 0) is 56.9 Å². The Morgan fingerprint density at radius 3 is 2.72 bits per heavy atom. The van der Waals surface area contributed by atoms with Crippen LogP contribution in [0.25, 0.3) is 0 Å².